The molecule has 120 valence electrons. The minimum Gasteiger partial charge on any atom is -0.394 e. The largest absolute Gasteiger partial charge is 0.394 e. The topological polar surface area (TPSA) is 146 Å². The Labute approximate surface area is 123 Å². The quantitative estimate of drug-likeness (QED) is 0.624. The minimum atomic E-state index is -3.38. The number of fused-ring (bicyclic) bond motifs is 1. The maximum Gasteiger partial charge on any atom is 0.317 e. The third kappa shape index (κ3) is 2.46. The van der Waals surface area contributed by atoms with Crippen molar-refractivity contribution >= 4 is 25.2 Å². The van der Waals surface area contributed by atoms with Crippen LogP contribution in [0.4, 0.5) is 10.2 Å². The molecule has 2 aromatic heterocycles. The number of imidazole rings is 1. The standard InChI is InChI=1S/C10H13FN5O5P/c11-5-7(21-22(18)19)4(1-17)20-10(5)16-3-15-6-8(12)13-2-14-9(6)16/h2-5,7,10,17,22H,1H2,(H,18,19)(H2,12,13,14)/t4-,5?,7?,10-/m1/s1. The molecular formula is C10H13FN5O5P. The van der Waals surface area contributed by atoms with E-state index in [1.54, 1.807) is 0 Å². The molecule has 0 aromatic carbocycles. The van der Waals surface area contributed by atoms with Gasteiger partial charge in [-0.25, -0.2) is 19.3 Å². The number of aromatic nitrogens is 4. The number of nitrogens with zero attached hydrogens (tertiary/aromatic N) is 4. The van der Waals surface area contributed by atoms with Gasteiger partial charge < -0.3 is 25.0 Å². The summed E-state index contributed by atoms with van der Waals surface area (Å²) < 4.78 is 36.6. The van der Waals surface area contributed by atoms with Crippen molar-refractivity contribution in [3.05, 3.63) is 12.7 Å². The van der Waals surface area contributed by atoms with E-state index in [-0.39, 0.29) is 17.0 Å². The Morgan fingerprint density at radius 2 is 2.27 bits per heavy atom. The Balaban J connectivity index is 1.97. The summed E-state index contributed by atoms with van der Waals surface area (Å²) in [6, 6.07) is 0. The van der Waals surface area contributed by atoms with Crippen LogP contribution >= 0.6 is 8.25 Å². The number of rotatable bonds is 4. The Kier molecular flexibility index (Phi) is 4.06. The molecule has 12 heteroatoms. The Morgan fingerprint density at radius 3 is 2.95 bits per heavy atom. The zero-order valence-electron chi connectivity index (χ0n) is 11.0. The fraction of sp³-hybridized carbons (Fsp3) is 0.500. The number of nitrogens with two attached hydrogens (primary N) is 1. The van der Waals surface area contributed by atoms with Crippen molar-refractivity contribution in [2.45, 2.75) is 24.6 Å². The number of aliphatic hydroxyl groups is 1. The number of aliphatic hydroxyl groups excluding tert-OH is 1. The molecule has 3 rings (SSSR count). The first-order chi connectivity index (χ1) is 10.5. The highest BCUT2D eigenvalue weighted by atomic mass is 31.1. The van der Waals surface area contributed by atoms with Gasteiger partial charge in [-0.3, -0.25) is 9.13 Å². The van der Waals surface area contributed by atoms with Crippen LogP contribution in [0, 0.1) is 0 Å². The first-order valence-corrected chi connectivity index (χ1v) is 7.52. The van der Waals surface area contributed by atoms with Gasteiger partial charge >= 0.3 is 8.25 Å². The third-order valence-corrected chi connectivity index (χ3v) is 3.82. The smallest absolute Gasteiger partial charge is 0.317 e. The van der Waals surface area contributed by atoms with E-state index in [2.05, 4.69) is 19.5 Å². The molecule has 1 aliphatic heterocycles. The van der Waals surface area contributed by atoms with E-state index >= 15 is 0 Å². The lowest BCUT2D eigenvalue weighted by Gasteiger charge is -2.16. The fourth-order valence-corrected chi connectivity index (χ4v) is 2.89. The summed E-state index contributed by atoms with van der Waals surface area (Å²) in [5.41, 5.74) is 6.17. The average molecular weight is 333 g/mol. The second-order valence-electron chi connectivity index (χ2n) is 4.62. The number of anilines is 1. The lowest BCUT2D eigenvalue weighted by molar-refractivity contribution is -0.0436. The molecule has 10 nitrogen and oxygen atoms in total. The van der Waals surface area contributed by atoms with E-state index in [4.69, 9.17) is 15.4 Å². The molecule has 0 spiro atoms. The molecule has 0 bridgehead atoms. The van der Waals surface area contributed by atoms with E-state index in [0.717, 1.165) is 0 Å². The predicted molar refractivity (Wildman–Crippen MR) is 71.7 cm³/mol. The summed E-state index contributed by atoms with van der Waals surface area (Å²) in [7, 11) is -3.38. The van der Waals surface area contributed by atoms with E-state index < -0.39 is 39.5 Å². The van der Waals surface area contributed by atoms with Crippen LogP contribution < -0.4 is 5.73 Å². The molecular weight excluding hydrogens is 320 g/mol. The summed E-state index contributed by atoms with van der Waals surface area (Å²) in [4.78, 5) is 20.6. The van der Waals surface area contributed by atoms with Gasteiger partial charge in [0.1, 0.15) is 24.1 Å². The molecule has 1 fully saturated rings. The van der Waals surface area contributed by atoms with Crippen LogP contribution in [0.2, 0.25) is 0 Å². The summed E-state index contributed by atoms with van der Waals surface area (Å²) >= 11 is 0. The van der Waals surface area contributed by atoms with E-state index in [1.165, 1.54) is 17.2 Å². The summed E-state index contributed by atoms with van der Waals surface area (Å²) in [6.45, 7) is -0.569. The first-order valence-electron chi connectivity index (χ1n) is 6.26. The maximum atomic E-state index is 14.5. The average Bonchev–Trinajstić information content (AvgIpc) is 3.02. The molecule has 0 radical (unpaired) electrons. The van der Waals surface area contributed by atoms with Crippen molar-refractivity contribution in [1.29, 1.82) is 0 Å². The monoisotopic (exact) mass is 333 g/mol. The van der Waals surface area contributed by atoms with Gasteiger partial charge in [0.05, 0.1) is 12.9 Å². The van der Waals surface area contributed by atoms with Gasteiger partial charge in [0.15, 0.2) is 23.9 Å². The van der Waals surface area contributed by atoms with E-state index in [0.29, 0.717) is 0 Å². The van der Waals surface area contributed by atoms with Crippen LogP contribution in [0.5, 0.6) is 0 Å². The number of hydrogen-bond donors (Lipinski definition) is 3. The summed E-state index contributed by atoms with van der Waals surface area (Å²) in [5.74, 6) is 0.129. The van der Waals surface area contributed by atoms with Crippen LogP contribution in [0.1, 0.15) is 6.23 Å². The predicted octanol–water partition coefficient (Wildman–Crippen LogP) is -0.597. The Bertz CT molecular complexity index is 714. The van der Waals surface area contributed by atoms with E-state index in [9.17, 15) is 14.1 Å². The van der Waals surface area contributed by atoms with Crippen molar-refractivity contribution in [3.8, 4) is 0 Å². The summed E-state index contributed by atoms with van der Waals surface area (Å²) in [6.07, 6.45) is -3.01. The second-order valence-corrected chi connectivity index (χ2v) is 5.39. The van der Waals surface area contributed by atoms with Crippen LogP contribution in [0.3, 0.4) is 0 Å². The lowest BCUT2D eigenvalue weighted by Crippen LogP contribution is -2.32. The molecule has 4 N–H and O–H groups in total. The van der Waals surface area contributed by atoms with Crippen LogP contribution in [-0.4, -0.2) is 54.5 Å². The van der Waals surface area contributed by atoms with E-state index in [1.807, 2.05) is 0 Å². The van der Waals surface area contributed by atoms with Gasteiger partial charge in [-0.1, -0.05) is 0 Å². The van der Waals surface area contributed by atoms with Crippen molar-refractivity contribution in [2.24, 2.45) is 0 Å². The van der Waals surface area contributed by atoms with Crippen LogP contribution in [0.25, 0.3) is 11.2 Å². The second kappa shape index (κ2) is 5.86. The summed E-state index contributed by atoms with van der Waals surface area (Å²) in [5, 5.41) is 9.23. The third-order valence-electron chi connectivity index (χ3n) is 3.34. The number of alkyl halides is 1. The van der Waals surface area contributed by atoms with Crippen molar-refractivity contribution in [3.63, 3.8) is 0 Å². The van der Waals surface area contributed by atoms with Gasteiger partial charge in [0.2, 0.25) is 0 Å². The van der Waals surface area contributed by atoms with Gasteiger partial charge in [0, 0.05) is 0 Å². The highest BCUT2D eigenvalue weighted by Crippen LogP contribution is 2.38. The SMILES string of the molecule is Nc1ncnc2c1ncn2[C@@H]1O[C@H](CO)C(O[PH](=O)O)C1F. The minimum absolute atomic E-state index is 0.129. The van der Waals surface area contributed by atoms with Crippen LogP contribution in [0.15, 0.2) is 12.7 Å². The van der Waals surface area contributed by atoms with Crippen molar-refractivity contribution < 1.29 is 28.2 Å². The van der Waals surface area contributed by atoms with Gasteiger partial charge in [-0.15, -0.1) is 0 Å². The van der Waals surface area contributed by atoms with Crippen LogP contribution in [-0.2, 0) is 13.8 Å². The highest BCUT2D eigenvalue weighted by molar-refractivity contribution is 7.32. The highest BCUT2D eigenvalue weighted by Gasteiger charge is 2.48. The Morgan fingerprint density at radius 1 is 1.50 bits per heavy atom. The molecule has 2 aromatic rings. The molecule has 22 heavy (non-hydrogen) atoms. The molecule has 3 unspecified atom stereocenters. The maximum absolute atomic E-state index is 14.5. The molecule has 0 aliphatic carbocycles. The lowest BCUT2D eigenvalue weighted by atomic mass is 10.1. The molecule has 5 atom stereocenters. The molecule has 0 saturated carbocycles. The van der Waals surface area contributed by atoms with Gasteiger partial charge in [0.25, 0.3) is 0 Å². The number of hydrogen-bond acceptors (Lipinski definition) is 8. The zero-order chi connectivity index (χ0) is 15.9. The normalized spacial score (nSPS) is 30.0. The fourth-order valence-electron chi connectivity index (χ4n) is 2.38. The first kappa shape index (κ1) is 15.3. The van der Waals surface area contributed by atoms with Crippen molar-refractivity contribution in [1.82, 2.24) is 19.5 Å². The number of ether oxygens (including phenoxy) is 1. The van der Waals surface area contributed by atoms with Gasteiger partial charge in [-0.05, 0) is 0 Å². The van der Waals surface area contributed by atoms with Gasteiger partial charge in [-0.2, -0.15) is 0 Å². The zero-order valence-corrected chi connectivity index (χ0v) is 12.0. The molecule has 1 saturated heterocycles. The number of nitrogen functional groups attached to an aromatic ring is 1. The number of halogens is 1. The molecule has 0 amide bonds. The molecule has 1 aliphatic rings. The Hall–Kier alpha value is -1.65. The van der Waals surface area contributed by atoms with Crippen molar-refractivity contribution in [2.75, 3.05) is 12.3 Å². The molecule has 3 heterocycles.